The Hall–Kier alpha value is -1.40. The maximum atomic E-state index is 12.2. The van der Waals surface area contributed by atoms with Crippen LogP contribution in [-0.4, -0.2) is 52.9 Å². The number of nitrogens with one attached hydrogen (secondary N) is 1. The van der Waals surface area contributed by atoms with Gasteiger partial charge in [-0.1, -0.05) is 0 Å². The zero-order valence-electron chi connectivity index (χ0n) is 11.8. The summed E-state index contributed by atoms with van der Waals surface area (Å²) in [5.41, 5.74) is 2.13. The van der Waals surface area contributed by atoms with Crippen LogP contribution in [0.2, 0.25) is 0 Å². The molecule has 0 aromatic carbocycles. The first-order chi connectivity index (χ1) is 9.08. The summed E-state index contributed by atoms with van der Waals surface area (Å²) in [6.45, 7) is 7.21. The molecule has 1 unspecified atom stereocenters. The van der Waals surface area contributed by atoms with E-state index in [9.17, 15) is 4.79 Å². The van der Waals surface area contributed by atoms with Crippen molar-refractivity contribution in [1.82, 2.24) is 20.0 Å². The minimum absolute atomic E-state index is 0.143. The third-order valence-corrected chi connectivity index (χ3v) is 3.41. The van der Waals surface area contributed by atoms with Crippen molar-refractivity contribution < 1.29 is 9.53 Å². The van der Waals surface area contributed by atoms with Crippen molar-refractivity contribution in [2.24, 2.45) is 7.05 Å². The molecule has 106 valence electrons. The zero-order valence-corrected chi connectivity index (χ0v) is 11.8. The van der Waals surface area contributed by atoms with E-state index in [1.54, 1.807) is 4.68 Å². The standard InChI is InChI=1S/C13H22N4O2/c1-10-12(9-16(3)15-10)8-14-11(2)13(18)17-4-6-19-7-5-17/h9,11,14H,4-8H2,1-3H3. The number of aryl methyl sites for hydroxylation is 2. The van der Waals surface area contributed by atoms with Gasteiger partial charge in [-0.05, 0) is 13.8 Å². The smallest absolute Gasteiger partial charge is 0.239 e. The van der Waals surface area contributed by atoms with Crippen LogP contribution in [0.1, 0.15) is 18.2 Å². The number of morpholine rings is 1. The fourth-order valence-corrected chi connectivity index (χ4v) is 2.23. The molecule has 1 aliphatic heterocycles. The van der Waals surface area contributed by atoms with Gasteiger partial charge in [0.25, 0.3) is 0 Å². The number of amides is 1. The molecule has 0 radical (unpaired) electrons. The molecule has 0 spiro atoms. The molecule has 2 rings (SSSR count). The average Bonchev–Trinajstić information content (AvgIpc) is 2.74. The molecule has 0 saturated carbocycles. The van der Waals surface area contributed by atoms with E-state index >= 15 is 0 Å². The Kier molecular flexibility index (Phi) is 4.55. The highest BCUT2D eigenvalue weighted by atomic mass is 16.5. The van der Waals surface area contributed by atoms with Crippen molar-refractivity contribution >= 4 is 5.91 Å². The van der Waals surface area contributed by atoms with E-state index in [1.807, 2.05) is 32.0 Å². The van der Waals surface area contributed by atoms with Crippen LogP contribution in [0.15, 0.2) is 6.20 Å². The second kappa shape index (κ2) is 6.16. The first-order valence-corrected chi connectivity index (χ1v) is 6.67. The van der Waals surface area contributed by atoms with Gasteiger partial charge < -0.3 is 15.0 Å². The van der Waals surface area contributed by atoms with E-state index in [4.69, 9.17) is 4.74 Å². The molecule has 1 N–H and O–H groups in total. The van der Waals surface area contributed by atoms with E-state index in [0.29, 0.717) is 32.8 Å². The monoisotopic (exact) mass is 266 g/mol. The van der Waals surface area contributed by atoms with E-state index in [0.717, 1.165) is 11.3 Å². The van der Waals surface area contributed by atoms with Gasteiger partial charge in [-0.15, -0.1) is 0 Å². The summed E-state index contributed by atoms with van der Waals surface area (Å²) >= 11 is 0. The summed E-state index contributed by atoms with van der Waals surface area (Å²) in [4.78, 5) is 14.1. The van der Waals surface area contributed by atoms with Crippen LogP contribution in [0.25, 0.3) is 0 Å². The minimum atomic E-state index is -0.183. The van der Waals surface area contributed by atoms with Crippen molar-refractivity contribution in [3.05, 3.63) is 17.5 Å². The SMILES string of the molecule is Cc1nn(C)cc1CNC(C)C(=O)N1CCOCC1. The van der Waals surface area contributed by atoms with E-state index in [-0.39, 0.29) is 11.9 Å². The number of rotatable bonds is 4. The molecule has 6 heteroatoms. The lowest BCUT2D eigenvalue weighted by Gasteiger charge is -2.29. The molecule has 1 aromatic rings. The highest BCUT2D eigenvalue weighted by Crippen LogP contribution is 2.06. The van der Waals surface area contributed by atoms with Gasteiger partial charge >= 0.3 is 0 Å². The summed E-state index contributed by atoms with van der Waals surface area (Å²) in [5, 5.41) is 7.55. The number of ether oxygens (including phenoxy) is 1. The van der Waals surface area contributed by atoms with Crippen molar-refractivity contribution in [1.29, 1.82) is 0 Å². The molecular weight excluding hydrogens is 244 g/mol. The van der Waals surface area contributed by atoms with Gasteiger partial charge in [0, 0.05) is 38.4 Å². The molecule has 0 aliphatic carbocycles. The Bertz CT molecular complexity index is 438. The fourth-order valence-electron chi connectivity index (χ4n) is 2.23. The van der Waals surface area contributed by atoms with E-state index in [1.165, 1.54) is 0 Å². The van der Waals surface area contributed by atoms with Crippen LogP contribution >= 0.6 is 0 Å². The second-order valence-corrected chi connectivity index (χ2v) is 4.95. The van der Waals surface area contributed by atoms with Crippen molar-refractivity contribution in [3.63, 3.8) is 0 Å². The molecule has 1 aromatic heterocycles. The zero-order chi connectivity index (χ0) is 13.8. The Morgan fingerprint density at radius 3 is 2.79 bits per heavy atom. The average molecular weight is 266 g/mol. The number of carbonyl (C=O) groups excluding carboxylic acids is 1. The molecule has 19 heavy (non-hydrogen) atoms. The minimum Gasteiger partial charge on any atom is -0.378 e. The lowest BCUT2D eigenvalue weighted by molar-refractivity contribution is -0.137. The molecule has 1 aliphatic rings. The Morgan fingerprint density at radius 1 is 1.53 bits per heavy atom. The van der Waals surface area contributed by atoms with E-state index in [2.05, 4.69) is 10.4 Å². The summed E-state index contributed by atoms with van der Waals surface area (Å²) in [5.74, 6) is 0.143. The van der Waals surface area contributed by atoms with Gasteiger partial charge in [0.1, 0.15) is 0 Å². The molecule has 1 fully saturated rings. The molecule has 0 bridgehead atoms. The third-order valence-electron chi connectivity index (χ3n) is 3.41. The van der Waals surface area contributed by atoms with Crippen molar-refractivity contribution in [2.75, 3.05) is 26.3 Å². The van der Waals surface area contributed by atoms with E-state index < -0.39 is 0 Å². The lowest BCUT2D eigenvalue weighted by Crippen LogP contribution is -2.49. The Balaban J connectivity index is 1.84. The first-order valence-electron chi connectivity index (χ1n) is 6.67. The second-order valence-electron chi connectivity index (χ2n) is 4.95. The van der Waals surface area contributed by atoms with Gasteiger partial charge in [-0.25, -0.2) is 0 Å². The maximum absolute atomic E-state index is 12.2. The van der Waals surface area contributed by atoms with Gasteiger partial charge in [0.05, 0.1) is 24.9 Å². The van der Waals surface area contributed by atoms with Crippen LogP contribution in [-0.2, 0) is 23.1 Å². The third kappa shape index (κ3) is 3.54. The summed E-state index contributed by atoms with van der Waals surface area (Å²) in [6, 6.07) is -0.183. The van der Waals surface area contributed by atoms with Crippen molar-refractivity contribution in [2.45, 2.75) is 26.4 Å². The van der Waals surface area contributed by atoms with Crippen LogP contribution in [0, 0.1) is 6.92 Å². The Labute approximate surface area is 113 Å². The summed E-state index contributed by atoms with van der Waals surface area (Å²) < 4.78 is 7.04. The van der Waals surface area contributed by atoms with Crippen LogP contribution in [0.4, 0.5) is 0 Å². The topological polar surface area (TPSA) is 59.4 Å². The van der Waals surface area contributed by atoms with Crippen molar-refractivity contribution in [3.8, 4) is 0 Å². The van der Waals surface area contributed by atoms with Gasteiger partial charge in [0.15, 0.2) is 0 Å². The predicted molar refractivity (Wildman–Crippen MR) is 71.6 cm³/mol. The lowest BCUT2D eigenvalue weighted by atomic mass is 10.2. The molecule has 1 atom stereocenters. The number of hydrogen-bond donors (Lipinski definition) is 1. The Morgan fingerprint density at radius 2 is 2.21 bits per heavy atom. The number of hydrogen-bond acceptors (Lipinski definition) is 4. The molecule has 1 saturated heterocycles. The predicted octanol–water partition coefficient (Wildman–Crippen LogP) is 0.0654. The number of nitrogens with zero attached hydrogens (tertiary/aromatic N) is 3. The highest BCUT2D eigenvalue weighted by Gasteiger charge is 2.22. The molecule has 1 amide bonds. The van der Waals surface area contributed by atoms with Crippen LogP contribution in [0.3, 0.4) is 0 Å². The first kappa shape index (κ1) is 14.0. The van der Waals surface area contributed by atoms with Gasteiger partial charge in [-0.3, -0.25) is 9.48 Å². The quantitative estimate of drug-likeness (QED) is 0.837. The molecular formula is C13H22N4O2. The fraction of sp³-hybridized carbons (Fsp3) is 0.692. The molecule has 6 nitrogen and oxygen atoms in total. The summed E-state index contributed by atoms with van der Waals surface area (Å²) in [7, 11) is 1.90. The summed E-state index contributed by atoms with van der Waals surface area (Å²) in [6.07, 6.45) is 1.98. The normalized spacial score (nSPS) is 17.5. The largest absolute Gasteiger partial charge is 0.378 e. The van der Waals surface area contributed by atoms with Crippen LogP contribution < -0.4 is 5.32 Å². The van der Waals surface area contributed by atoms with Gasteiger partial charge in [-0.2, -0.15) is 5.10 Å². The van der Waals surface area contributed by atoms with Crippen LogP contribution in [0.5, 0.6) is 0 Å². The number of aromatic nitrogens is 2. The number of carbonyl (C=O) groups is 1. The highest BCUT2D eigenvalue weighted by molar-refractivity contribution is 5.81. The van der Waals surface area contributed by atoms with Gasteiger partial charge in [0.2, 0.25) is 5.91 Å². The maximum Gasteiger partial charge on any atom is 0.239 e. The molecule has 2 heterocycles.